The van der Waals surface area contributed by atoms with Gasteiger partial charge in [0.1, 0.15) is 5.69 Å². The molecule has 0 aliphatic carbocycles. The van der Waals surface area contributed by atoms with Gasteiger partial charge in [0.15, 0.2) is 5.01 Å². The molecular formula is C25H29ClN6O4S. The highest BCUT2D eigenvalue weighted by Crippen LogP contribution is 2.25. The van der Waals surface area contributed by atoms with Gasteiger partial charge in [-0.1, -0.05) is 11.6 Å². The second-order valence-electron chi connectivity index (χ2n) is 9.38. The van der Waals surface area contributed by atoms with E-state index in [0.717, 1.165) is 41.0 Å². The smallest absolute Gasteiger partial charge is 0.409 e. The van der Waals surface area contributed by atoms with Gasteiger partial charge in [-0.25, -0.2) is 9.78 Å². The predicted octanol–water partition coefficient (Wildman–Crippen LogP) is 3.02. The third kappa shape index (κ3) is 5.58. The standard InChI is InChI=1S/C25H29ClN6O4S/c1-3-36-25(35)32-9-7-17(28-23(34)24-30-18-6-8-31(2)13-21(18)37-24)20(12-32)29-22(33)19-11-14-10-15(26)4-5-16(14)27-19/h4-5,10-11,17,20,27H,3,6-9,12-13H2,1-2H3,(H,28,34)(H,29,33)/t17-,20+/m0/s1. The second-order valence-corrected chi connectivity index (χ2v) is 10.9. The number of thiazole rings is 1. The molecular weight excluding hydrogens is 516 g/mol. The number of benzene rings is 1. The van der Waals surface area contributed by atoms with Crippen molar-refractivity contribution in [1.29, 1.82) is 0 Å². The van der Waals surface area contributed by atoms with Gasteiger partial charge in [0, 0.05) is 53.4 Å². The Balaban J connectivity index is 1.33. The van der Waals surface area contributed by atoms with Crippen LogP contribution in [0.5, 0.6) is 0 Å². The molecule has 0 saturated carbocycles. The van der Waals surface area contributed by atoms with Crippen LogP contribution < -0.4 is 10.6 Å². The van der Waals surface area contributed by atoms with Gasteiger partial charge in [-0.15, -0.1) is 11.3 Å². The number of ether oxygens (including phenoxy) is 1. The molecule has 37 heavy (non-hydrogen) atoms. The summed E-state index contributed by atoms with van der Waals surface area (Å²) in [5.41, 5.74) is 2.14. The normalized spacial score (nSPS) is 19.9. The van der Waals surface area contributed by atoms with E-state index in [1.165, 1.54) is 11.3 Å². The van der Waals surface area contributed by atoms with Crippen LogP contribution in [0.25, 0.3) is 10.9 Å². The van der Waals surface area contributed by atoms with E-state index in [1.807, 2.05) is 6.07 Å². The van der Waals surface area contributed by atoms with Crippen molar-refractivity contribution >= 4 is 51.7 Å². The summed E-state index contributed by atoms with van der Waals surface area (Å²) in [6.45, 7) is 4.32. The number of likely N-dealkylation sites (N-methyl/N-ethyl adjacent to an activating group) is 1. The summed E-state index contributed by atoms with van der Waals surface area (Å²) in [4.78, 5) is 51.3. The zero-order valence-electron chi connectivity index (χ0n) is 20.7. The average molecular weight is 545 g/mol. The molecule has 5 rings (SSSR count). The molecule has 0 unspecified atom stereocenters. The lowest BCUT2D eigenvalue weighted by Crippen LogP contribution is -2.61. The monoisotopic (exact) mass is 544 g/mol. The maximum absolute atomic E-state index is 13.2. The lowest BCUT2D eigenvalue weighted by atomic mass is 9.99. The Labute approximate surface area is 223 Å². The number of halogens is 1. The van der Waals surface area contributed by atoms with E-state index < -0.39 is 12.1 Å². The number of carbonyl (C=O) groups is 3. The predicted molar refractivity (Wildman–Crippen MR) is 141 cm³/mol. The van der Waals surface area contributed by atoms with Crippen molar-refractivity contribution in [2.24, 2.45) is 0 Å². The van der Waals surface area contributed by atoms with E-state index in [4.69, 9.17) is 16.3 Å². The maximum Gasteiger partial charge on any atom is 0.409 e. The Morgan fingerprint density at radius 3 is 2.81 bits per heavy atom. The molecule has 2 atom stereocenters. The number of nitrogens with one attached hydrogen (secondary N) is 3. The summed E-state index contributed by atoms with van der Waals surface area (Å²) in [6.07, 6.45) is 0.844. The molecule has 3 aromatic rings. The van der Waals surface area contributed by atoms with Gasteiger partial charge in [-0.3, -0.25) is 9.59 Å². The van der Waals surface area contributed by atoms with Crippen molar-refractivity contribution in [1.82, 2.24) is 30.4 Å². The van der Waals surface area contributed by atoms with Crippen molar-refractivity contribution in [2.45, 2.75) is 38.4 Å². The number of H-pyrrole nitrogens is 1. The maximum atomic E-state index is 13.2. The highest BCUT2D eigenvalue weighted by molar-refractivity contribution is 7.13. The summed E-state index contributed by atoms with van der Waals surface area (Å²) < 4.78 is 5.17. The van der Waals surface area contributed by atoms with Crippen LogP contribution in [0.1, 0.15) is 44.2 Å². The molecule has 0 bridgehead atoms. The van der Waals surface area contributed by atoms with Crippen LogP contribution in [-0.4, -0.2) is 83.0 Å². The van der Waals surface area contributed by atoms with Crippen molar-refractivity contribution < 1.29 is 19.1 Å². The van der Waals surface area contributed by atoms with E-state index in [9.17, 15) is 14.4 Å². The van der Waals surface area contributed by atoms with Gasteiger partial charge in [-0.2, -0.15) is 0 Å². The highest BCUT2D eigenvalue weighted by Gasteiger charge is 2.35. The third-order valence-corrected chi connectivity index (χ3v) is 8.03. The summed E-state index contributed by atoms with van der Waals surface area (Å²) in [6, 6.07) is 6.16. The van der Waals surface area contributed by atoms with Crippen LogP contribution in [0.3, 0.4) is 0 Å². The first-order chi connectivity index (χ1) is 17.8. The van der Waals surface area contributed by atoms with Gasteiger partial charge in [0.05, 0.1) is 24.4 Å². The number of hydrogen-bond donors (Lipinski definition) is 3. The minimum absolute atomic E-state index is 0.209. The lowest BCUT2D eigenvalue weighted by molar-refractivity contribution is 0.0720. The fourth-order valence-corrected chi connectivity index (χ4v) is 6.05. The van der Waals surface area contributed by atoms with E-state index >= 15 is 0 Å². The van der Waals surface area contributed by atoms with Crippen molar-refractivity contribution in [2.75, 3.05) is 33.3 Å². The molecule has 4 heterocycles. The Morgan fingerprint density at radius 2 is 2.00 bits per heavy atom. The van der Waals surface area contributed by atoms with Gasteiger partial charge in [0.25, 0.3) is 11.8 Å². The molecule has 1 saturated heterocycles. The van der Waals surface area contributed by atoms with Crippen LogP contribution in [0.15, 0.2) is 24.3 Å². The number of aromatic amines is 1. The first-order valence-electron chi connectivity index (χ1n) is 12.3. The zero-order valence-corrected chi connectivity index (χ0v) is 22.2. The topological polar surface area (TPSA) is 120 Å². The fraction of sp³-hybridized carbons (Fsp3) is 0.440. The number of likely N-dealkylation sites (tertiary alicyclic amines) is 1. The minimum atomic E-state index is -0.523. The molecule has 1 fully saturated rings. The molecule has 0 spiro atoms. The molecule has 1 aromatic carbocycles. The zero-order chi connectivity index (χ0) is 26.1. The molecule has 2 aliphatic rings. The highest BCUT2D eigenvalue weighted by atomic mass is 35.5. The molecule has 196 valence electrons. The van der Waals surface area contributed by atoms with Gasteiger partial charge in [-0.05, 0) is 44.7 Å². The third-order valence-electron chi connectivity index (χ3n) is 6.72. The number of nitrogens with zero attached hydrogens (tertiary/aromatic N) is 3. The second kappa shape index (κ2) is 10.7. The molecule has 12 heteroatoms. The number of carbonyl (C=O) groups excluding carboxylic acids is 3. The Morgan fingerprint density at radius 1 is 1.19 bits per heavy atom. The molecule has 2 aromatic heterocycles. The molecule has 2 aliphatic heterocycles. The molecule has 3 N–H and O–H groups in total. The summed E-state index contributed by atoms with van der Waals surface area (Å²) in [5.74, 6) is -0.605. The number of fused-ring (bicyclic) bond motifs is 2. The Bertz CT molecular complexity index is 1340. The van der Waals surface area contributed by atoms with E-state index in [-0.39, 0.29) is 31.0 Å². The number of amides is 3. The number of aromatic nitrogens is 2. The van der Waals surface area contributed by atoms with Gasteiger partial charge in [0.2, 0.25) is 0 Å². The van der Waals surface area contributed by atoms with Crippen LogP contribution >= 0.6 is 22.9 Å². The average Bonchev–Trinajstić information content (AvgIpc) is 3.49. The summed E-state index contributed by atoms with van der Waals surface area (Å²) in [5, 5.41) is 7.89. The number of hydrogen-bond acceptors (Lipinski definition) is 7. The molecule has 3 amide bonds. The number of rotatable bonds is 5. The quantitative estimate of drug-likeness (QED) is 0.454. The summed E-state index contributed by atoms with van der Waals surface area (Å²) in [7, 11) is 2.05. The molecule has 0 radical (unpaired) electrons. The number of piperidine rings is 1. The van der Waals surface area contributed by atoms with E-state index in [2.05, 4.69) is 32.5 Å². The van der Waals surface area contributed by atoms with Gasteiger partial charge >= 0.3 is 6.09 Å². The van der Waals surface area contributed by atoms with E-state index in [0.29, 0.717) is 28.7 Å². The first kappa shape index (κ1) is 25.5. The van der Waals surface area contributed by atoms with Gasteiger partial charge < -0.3 is 30.2 Å². The van der Waals surface area contributed by atoms with Crippen LogP contribution in [0.4, 0.5) is 4.79 Å². The minimum Gasteiger partial charge on any atom is -0.450 e. The summed E-state index contributed by atoms with van der Waals surface area (Å²) >= 11 is 7.49. The Kier molecular flexibility index (Phi) is 7.36. The SMILES string of the molecule is CCOC(=O)N1CC[C@H](NC(=O)c2nc3c(s2)CN(C)CC3)[C@H](NC(=O)c2cc3cc(Cl)ccc3[nH]2)C1. The van der Waals surface area contributed by atoms with Crippen LogP contribution in [0, 0.1) is 0 Å². The fourth-order valence-electron chi connectivity index (χ4n) is 4.77. The molecule has 10 nitrogen and oxygen atoms in total. The largest absolute Gasteiger partial charge is 0.450 e. The van der Waals surface area contributed by atoms with Crippen LogP contribution in [-0.2, 0) is 17.7 Å². The first-order valence-corrected chi connectivity index (χ1v) is 13.5. The van der Waals surface area contributed by atoms with Crippen molar-refractivity contribution in [3.8, 4) is 0 Å². The Hall–Kier alpha value is -3.15. The van der Waals surface area contributed by atoms with Crippen molar-refractivity contribution in [3.63, 3.8) is 0 Å². The van der Waals surface area contributed by atoms with Crippen molar-refractivity contribution in [3.05, 3.63) is 50.6 Å². The van der Waals surface area contributed by atoms with Crippen LogP contribution in [0.2, 0.25) is 5.02 Å². The lowest BCUT2D eigenvalue weighted by Gasteiger charge is -2.38. The van der Waals surface area contributed by atoms with E-state index in [1.54, 1.807) is 30.0 Å².